The second kappa shape index (κ2) is 7.85. The third kappa shape index (κ3) is 5.04. The molecule has 0 amide bonds. The molecule has 2 aromatic rings. The van der Waals surface area contributed by atoms with Crippen molar-refractivity contribution in [3.8, 4) is 5.75 Å². The molecule has 0 aliphatic rings. The molecular formula is C15H14N4O3S. The van der Waals surface area contributed by atoms with Gasteiger partial charge in [0.1, 0.15) is 0 Å². The first-order chi connectivity index (χ1) is 11.1. The van der Waals surface area contributed by atoms with Gasteiger partial charge in [-0.3, -0.25) is 15.5 Å². The van der Waals surface area contributed by atoms with E-state index in [4.69, 9.17) is 12.2 Å². The van der Waals surface area contributed by atoms with Crippen LogP contribution in [0, 0.1) is 10.1 Å². The molecular weight excluding hydrogens is 316 g/mol. The lowest BCUT2D eigenvalue weighted by Gasteiger charge is -2.06. The van der Waals surface area contributed by atoms with Crippen LogP contribution < -0.4 is 10.7 Å². The van der Waals surface area contributed by atoms with Gasteiger partial charge in [0.15, 0.2) is 10.9 Å². The summed E-state index contributed by atoms with van der Waals surface area (Å²) in [6.45, 7) is 0.562. The van der Waals surface area contributed by atoms with Crippen LogP contribution >= 0.6 is 12.2 Å². The molecule has 7 nitrogen and oxygen atoms in total. The zero-order chi connectivity index (χ0) is 16.7. The van der Waals surface area contributed by atoms with E-state index in [1.165, 1.54) is 24.4 Å². The van der Waals surface area contributed by atoms with Gasteiger partial charge in [-0.1, -0.05) is 30.3 Å². The topological polar surface area (TPSA) is 99.8 Å². The smallest absolute Gasteiger partial charge is 0.311 e. The fraction of sp³-hybridized carbons (Fsp3) is 0.0667. The first-order valence-corrected chi connectivity index (χ1v) is 7.05. The van der Waals surface area contributed by atoms with Gasteiger partial charge in [0.2, 0.25) is 0 Å². The lowest BCUT2D eigenvalue weighted by Crippen LogP contribution is -2.31. The molecule has 0 aliphatic carbocycles. The van der Waals surface area contributed by atoms with Gasteiger partial charge in [-0.15, -0.1) is 0 Å². The van der Waals surface area contributed by atoms with Gasteiger partial charge < -0.3 is 10.4 Å². The lowest BCUT2D eigenvalue weighted by molar-refractivity contribution is -0.385. The monoisotopic (exact) mass is 330 g/mol. The van der Waals surface area contributed by atoms with Crippen molar-refractivity contribution in [3.05, 3.63) is 69.8 Å². The highest BCUT2D eigenvalue weighted by molar-refractivity contribution is 7.80. The number of phenols is 1. The Labute approximate surface area is 137 Å². The van der Waals surface area contributed by atoms with Crippen LogP contribution in [-0.2, 0) is 6.54 Å². The minimum atomic E-state index is -0.661. The Kier molecular flexibility index (Phi) is 5.59. The van der Waals surface area contributed by atoms with Crippen LogP contribution in [0.5, 0.6) is 5.75 Å². The maximum absolute atomic E-state index is 10.7. The van der Waals surface area contributed by atoms with Gasteiger partial charge in [-0.2, -0.15) is 5.10 Å². The van der Waals surface area contributed by atoms with Crippen LogP contribution in [0.4, 0.5) is 5.69 Å². The molecule has 0 saturated carbocycles. The van der Waals surface area contributed by atoms with E-state index < -0.39 is 4.92 Å². The van der Waals surface area contributed by atoms with Crippen LogP contribution in [0.2, 0.25) is 0 Å². The fourth-order valence-corrected chi connectivity index (χ4v) is 1.88. The average molecular weight is 330 g/mol. The summed E-state index contributed by atoms with van der Waals surface area (Å²) in [6.07, 6.45) is 1.38. The second-order valence-electron chi connectivity index (χ2n) is 4.54. The number of thiocarbonyl (C=S) groups is 1. The van der Waals surface area contributed by atoms with Crippen molar-refractivity contribution >= 4 is 29.2 Å². The SMILES string of the molecule is O=[N+]([O-])c1cc(/C=N\NC(=S)NCc2ccccc2)ccc1O. The van der Waals surface area contributed by atoms with E-state index in [9.17, 15) is 15.2 Å². The molecule has 0 spiro atoms. The van der Waals surface area contributed by atoms with Crippen molar-refractivity contribution in [2.75, 3.05) is 0 Å². The summed E-state index contributed by atoms with van der Waals surface area (Å²) in [5.74, 6) is -0.389. The van der Waals surface area contributed by atoms with Gasteiger partial charge in [0.05, 0.1) is 11.1 Å². The van der Waals surface area contributed by atoms with Crippen LogP contribution in [0.25, 0.3) is 0 Å². The summed E-state index contributed by atoms with van der Waals surface area (Å²) in [6, 6.07) is 13.7. The zero-order valence-corrected chi connectivity index (χ0v) is 12.8. The number of nitrogens with zero attached hydrogens (tertiary/aromatic N) is 2. The standard InChI is InChI=1S/C15H14N4O3S/c20-14-7-6-12(8-13(14)19(21)22)10-17-18-15(23)16-9-11-4-2-1-3-5-11/h1-8,10,20H,9H2,(H2,16,18,23)/b17-10-. The molecule has 0 bridgehead atoms. The van der Waals surface area contributed by atoms with Crippen molar-refractivity contribution in [1.29, 1.82) is 0 Å². The quantitative estimate of drug-likeness (QED) is 0.337. The summed E-state index contributed by atoms with van der Waals surface area (Å²) in [7, 11) is 0. The minimum Gasteiger partial charge on any atom is -0.502 e. The molecule has 8 heteroatoms. The molecule has 0 atom stereocenters. The Morgan fingerprint density at radius 3 is 2.74 bits per heavy atom. The number of benzene rings is 2. The molecule has 23 heavy (non-hydrogen) atoms. The number of nitro groups is 1. The molecule has 0 heterocycles. The van der Waals surface area contributed by atoms with E-state index >= 15 is 0 Å². The van der Waals surface area contributed by atoms with Crippen molar-refractivity contribution in [2.45, 2.75) is 6.54 Å². The predicted octanol–water partition coefficient (Wildman–Crippen LogP) is 2.30. The summed E-state index contributed by atoms with van der Waals surface area (Å²) in [4.78, 5) is 10.1. The van der Waals surface area contributed by atoms with Crippen molar-refractivity contribution in [3.63, 3.8) is 0 Å². The van der Waals surface area contributed by atoms with Crippen LogP contribution in [-0.4, -0.2) is 21.4 Å². The molecule has 118 valence electrons. The van der Waals surface area contributed by atoms with E-state index in [-0.39, 0.29) is 11.4 Å². The predicted molar refractivity (Wildman–Crippen MR) is 91.4 cm³/mol. The van der Waals surface area contributed by atoms with Gasteiger partial charge >= 0.3 is 5.69 Å². The molecule has 0 fully saturated rings. The third-order valence-electron chi connectivity index (χ3n) is 2.87. The molecule has 2 rings (SSSR count). The largest absolute Gasteiger partial charge is 0.502 e. The first-order valence-electron chi connectivity index (χ1n) is 6.64. The van der Waals surface area contributed by atoms with Crippen molar-refractivity contribution in [2.24, 2.45) is 5.10 Å². The van der Waals surface area contributed by atoms with Gasteiger partial charge in [0, 0.05) is 18.2 Å². The number of nitro benzene ring substituents is 1. The zero-order valence-electron chi connectivity index (χ0n) is 12.0. The fourth-order valence-electron chi connectivity index (χ4n) is 1.75. The first kappa shape index (κ1) is 16.4. The summed E-state index contributed by atoms with van der Waals surface area (Å²) in [5.41, 5.74) is 3.79. The van der Waals surface area contributed by atoms with Crippen LogP contribution in [0.15, 0.2) is 53.6 Å². The number of hydrazone groups is 1. The summed E-state index contributed by atoms with van der Waals surface area (Å²) < 4.78 is 0. The molecule has 0 aromatic heterocycles. The Morgan fingerprint density at radius 1 is 1.30 bits per heavy atom. The highest BCUT2D eigenvalue weighted by atomic mass is 32.1. The van der Waals surface area contributed by atoms with Crippen molar-refractivity contribution in [1.82, 2.24) is 10.7 Å². The summed E-state index contributed by atoms with van der Waals surface area (Å²) >= 11 is 5.07. The Balaban J connectivity index is 1.87. The Hall–Kier alpha value is -3.00. The molecule has 3 N–H and O–H groups in total. The number of nitrogens with one attached hydrogen (secondary N) is 2. The molecule has 0 unspecified atom stereocenters. The number of phenolic OH excluding ortho intramolecular Hbond substituents is 1. The van der Waals surface area contributed by atoms with Gasteiger partial charge in [-0.05, 0) is 29.9 Å². The van der Waals surface area contributed by atoms with E-state index in [0.29, 0.717) is 17.2 Å². The highest BCUT2D eigenvalue weighted by Gasteiger charge is 2.12. The molecule has 0 radical (unpaired) electrons. The lowest BCUT2D eigenvalue weighted by atomic mass is 10.2. The van der Waals surface area contributed by atoms with Crippen LogP contribution in [0.1, 0.15) is 11.1 Å². The average Bonchev–Trinajstić information content (AvgIpc) is 2.55. The summed E-state index contributed by atoms with van der Waals surface area (Å²) in [5, 5.41) is 27.3. The second-order valence-corrected chi connectivity index (χ2v) is 4.95. The van der Waals surface area contributed by atoms with Gasteiger partial charge in [-0.25, -0.2) is 0 Å². The normalized spacial score (nSPS) is 10.4. The minimum absolute atomic E-state index is 0.332. The third-order valence-corrected chi connectivity index (χ3v) is 3.11. The van der Waals surface area contributed by atoms with Crippen molar-refractivity contribution < 1.29 is 10.0 Å². The number of aromatic hydroxyl groups is 1. The van der Waals surface area contributed by atoms with Gasteiger partial charge in [0.25, 0.3) is 0 Å². The molecule has 2 aromatic carbocycles. The maximum Gasteiger partial charge on any atom is 0.311 e. The number of hydrogen-bond donors (Lipinski definition) is 3. The van der Waals surface area contributed by atoms with E-state index in [1.54, 1.807) is 0 Å². The van der Waals surface area contributed by atoms with E-state index in [0.717, 1.165) is 5.56 Å². The molecule has 0 saturated heterocycles. The molecule has 0 aliphatic heterocycles. The Morgan fingerprint density at radius 2 is 2.04 bits per heavy atom. The highest BCUT2D eigenvalue weighted by Crippen LogP contribution is 2.25. The maximum atomic E-state index is 10.7. The van der Waals surface area contributed by atoms with E-state index in [2.05, 4.69) is 15.8 Å². The van der Waals surface area contributed by atoms with E-state index in [1.807, 2.05) is 30.3 Å². The Bertz CT molecular complexity index is 735. The number of rotatable bonds is 5. The van der Waals surface area contributed by atoms with Crippen LogP contribution in [0.3, 0.4) is 0 Å². The number of hydrogen-bond acceptors (Lipinski definition) is 5.